The Morgan fingerprint density at radius 1 is 0.977 bits per heavy atom. The van der Waals surface area contributed by atoms with Gasteiger partial charge in [0, 0.05) is 34.6 Å². The summed E-state index contributed by atoms with van der Waals surface area (Å²) in [5, 5.41) is 0.921. The molecule has 0 atom stereocenters. The van der Waals surface area contributed by atoms with Crippen LogP contribution in [0.3, 0.4) is 0 Å². The van der Waals surface area contributed by atoms with E-state index >= 15 is 0 Å². The average molecular weight is 609 g/mol. The van der Waals surface area contributed by atoms with Gasteiger partial charge in [-0.05, 0) is 96.0 Å². The molecule has 0 amide bonds. The highest BCUT2D eigenvalue weighted by Crippen LogP contribution is 2.49. The second kappa shape index (κ2) is 13.1. The van der Waals surface area contributed by atoms with Gasteiger partial charge < -0.3 is 23.1 Å². The summed E-state index contributed by atoms with van der Waals surface area (Å²) < 4.78 is 38.8. The summed E-state index contributed by atoms with van der Waals surface area (Å²) in [4.78, 5) is 23.8. The number of nitrogens with zero attached hydrogens (tertiary/aromatic N) is 4. The number of pyridine rings is 3. The molecule has 0 spiro atoms. The minimum atomic E-state index is -3.29. The lowest BCUT2D eigenvalue weighted by Gasteiger charge is -2.30. The first kappa shape index (κ1) is 31.1. The third-order valence-electron chi connectivity index (χ3n) is 8.13. The van der Waals surface area contributed by atoms with E-state index in [1.807, 2.05) is 12.3 Å². The van der Waals surface area contributed by atoms with E-state index in [1.54, 1.807) is 37.8 Å². The number of hydrogen-bond donors (Lipinski definition) is 0. The molecule has 0 bridgehead atoms. The first-order chi connectivity index (χ1) is 20.7. The van der Waals surface area contributed by atoms with E-state index in [-0.39, 0.29) is 23.9 Å². The predicted molar refractivity (Wildman–Crippen MR) is 167 cm³/mol. The molecule has 1 aliphatic carbocycles. The summed E-state index contributed by atoms with van der Waals surface area (Å²) >= 11 is 0. The lowest BCUT2D eigenvalue weighted by molar-refractivity contribution is 0.0378. The molecule has 0 saturated heterocycles. The van der Waals surface area contributed by atoms with Crippen LogP contribution >= 0.6 is 7.60 Å². The Labute approximate surface area is 252 Å². The number of ether oxygens (including phenoxy) is 2. The van der Waals surface area contributed by atoms with Crippen LogP contribution in [0.15, 0.2) is 47.5 Å². The van der Waals surface area contributed by atoms with Crippen molar-refractivity contribution in [2.75, 3.05) is 26.7 Å². The van der Waals surface area contributed by atoms with Gasteiger partial charge in [-0.1, -0.05) is 0 Å². The normalized spacial score (nSPS) is 17.4. The molecule has 230 valence electrons. The van der Waals surface area contributed by atoms with Crippen LogP contribution in [0.1, 0.15) is 68.0 Å². The lowest BCUT2D eigenvalue weighted by atomic mass is 9.82. The number of fused-ring (bicyclic) bond motifs is 1. The Morgan fingerprint density at radius 2 is 1.65 bits per heavy atom. The van der Waals surface area contributed by atoms with Gasteiger partial charge in [-0.25, -0.2) is 9.97 Å². The highest BCUT2D eigenvalue weighted by atomic mass is 31.2. The molecule has 1 saturated carbocycles. The van der Waals surface area contributed by atoms with Crippen molar-refractivity contribution in [3.8, 4) is 17.4 Å². The quantitative estimate of drug-likeness (QED) is 0.172. The molecular weight excluding hydrogens is 567 g/mol. The monoisotopic (exact) mass is 608 g/mol. The van der Waals surface area contributed by atoms with Gasteiger partial charge >= 0.3 is 7.60 Å². The summed E-state index contributed by atoms with van der Waals surface area (Å²) in [5.41, 5.74) is 5.18. The molecular formula is C32H41N4O6P. The van der Waals surface area contributed by atoms with Crippen molar-refractivity contribution in [1.82, 2.24) is 19.1 Å². The molecule has 4 aromatic heterocycles. The number of methoxy groups -OCH3 is 1. The number of rotatable bonds is 11. The average Bonchev–Trinajstić information content (AvgIpc) is 3.34. The van der Waals surface area contributed by atoms with Crippen molar-refractivity contribution >= 4 is 18.5 Å². The third kappa shape index (κ3) is 6.48. The summed E-state index contributed by atoms with van der Waals surface area (Å²) in [6.45, 7) is 10.3. The molecule has 1 fully saturated rings. The Bertz CT molecular complexity index is 1660. The van der Waals surface area contributed by atoms with Gasteiger partial charge in [0.1, 0.15) is 12.2 Å². The number of hydrogen-bond acceptors (Lipinski definition) is 8. The van der Waals surface area contributed by atoms with Crippen LogP contribution in [-0.2, 0) is 18.3 Å². The zero-order chi connectivity index (χ0) is 30.7. The minimum Gasteiger partial charge on any atom is -0.481 e. The number of aromatic nitrogens is 4. The van der Waals surface area contributed by atoms with Crippen molar-refractivity contribution in [3.05, 3.63) is 75.6 Å². The Hall–Kier alpha value is -3.30. The molecule has 0 unspecified atom stereocenters. The lowest BCUT2D eigenvalue weighted by Crippen LogP contribution is -2.29. The molecule has 5 rings (SSSR count). The fraction of sp³-hybridized carbons (Fsp3) is 0.469. The minimum absolute atomic E-state index is 0.0203. The van der Waals surface area contributed by atoms with Crippen molar-refractivity contribution in [2.45, 2.75) is 72.3 Å². The third-order valence-corrected chi connectivity index (χ3v) is 9.89. The van der Waals surface area contributed by atoms with Crippen LogP contribution < -0.4 is 10.3 Å². The van der Waals surface area contributed by atoms with Crippen molar-refractivity contribution < 1.29 is 23.1 Å². The summed E-state index contributed by atoms with van der Waals surface area (Å²) in [7, 11) is -1.73. The van der Waals surface area contributed by atoms with E-state index in [1.165, 1.54) is 0 Å². The maximum atomic E-state index is 14.3. The zero-order valence-corrected chi connectivity index (χ0v) is 26.7. The highest BCUT2D eigenvalue weighted by molar-refractivity contribution is 7.53. The second-order valence-electron chi connectivity index (χ2n) is 11.0. The predicted octanol–water partition coefficient (Wildman–Crippen LogP) is 6.77. The van der Waals surface area contributed by atoms with Gasteiger partial charge in [-0.3, -0.25) is 13.9 Å². The fourth-order valence-electron chi connectivity index (χ4n) is 6.01. The van der Waals surface area contributed by atoms with Crippen LogP contribution in [-0.4, -0.2) is 51.9 Å². The van der Waals surface area contributed by atoms with E-state index in [4.69, 9.17) is 23.5 Å². The van der Waals surface area contributed by atoms with E-state index in [0.29, 0.717) is 30.3 Å². The molecule has 1 aliphatic rings. The Morgan fingerprint density at radius 3 is 2.23 bits per heavy atom. The van der Waals surface area contributed by atoms with E-state index in [9.17, 15) is 9.36 Å². The largest absolute Gasteiger partial charge is 0.481 e. The zero-order valence-electron chi connectivity index (χ0n) is 25.8. The van der Waals surface area contributed by atoms with Gasteiger partial charge in [0.05, 0.1) is 43.8 Å². The Kier molecular flexibility index (Phi) is 9.51. The van der Waals surface area contributed by atoms with E-state index < -0.39 is 7.60 Å². The Balaban J connectivity index is 1.54. The van der Waals surface area contributed by atoms with Crippen LogP contribution in [0.25, 0.3) is 22.4 Å². The molecule has 4 heterocycles. The standard InChI is InChI=1S/C32H41N4O6P/c1-7-41-43(38,42-8-2)20-40-26-14-11-24(12-15-26)30-31-27(19-35(32(30)37)25-13-16-29(39-6)33-18-25)21(3)17-28(34-31)36-22(4)9-10-23(36)5/h9-10,13,16-19,24,26H,7-8,11-12,14-15,20H2,1-6H3. The number of aryl methyl sites for hydroxylation is 3. The van der Waals surface area contributed by atoms with Crippen LogP contribution in [0.2, 0.25) is 0 Å². The molecule has 0 aliphatic heterocycles. The van der Waals surface area contributed by atoms with Gasteiger partial charge in [0.2, 0.25) is 5.88 Å². The van der Waals surface area contributed by atoms with Crippen molar-refractivity contribution in [1.29, 1.82) is 0 Å². The SMILES string of the molecule is CCOP(=O)(COC1CCC(c2c(=O)n(-c3ccc(OC)nc3)cc3c(C)cc(-n4c(C)ccc4C)nc23)CC1)OCC. The maximum absolute atomic E-state index is 14.3. The first-order valence-electron chi connectivity index (χ1n) is 14.9. The fourth-order valence-corrected chi connectivity index (χ4v) is 7.42. The highest BCUT2D eigenvalue weighted by Gasteiger charge is 2.31. The molecule has 0 radical (unpaired) electrons. The van der Waals surface area contributed by atoms with Crippen molar-refractivity contribution in [3.63, 3.8) is 0 Å². The van der Waals surface area contributed by atoms with Crippen LogP contribution in [0.5, 0.6) is 5.88 Å². The summed E-state index contributed by atoms with van der Waals surface area (Å²) in [6.07, 6.45) is 6.27. The summed E-state index contributed by atoms with van der Waals surface area (Å²) in [6, 6.07) is 9.81. The van der Waals surface area contributed by atoms with Crippen LogP contribution in [0, 0.1) is 20.8 Å². The van der Waals surface area contributed by atoms with Crippen LogP contribution in [0.4, 0.5) is 0 Å². The van der Waals surface area contributed by atoms with E-state index in [2.05, 4.69) is 48.5 Å². The smallest absolute Gasteiger partial charge is 0.356 e. The molecule has 0 N–H and O–H groups in total. The van der Waals surface area contributed by atoms with Gasteiger partial charge in [0.15, 0.2) is 0 Å². The molecule has 10 nitrogen and oxygen atoms in total. The topological polar surface area (TPSA) is 107 Å². The van der Waals surface area contributed by atoms with Gasteiger partial charge in [-0.2, -0.15) is 0 Å². The molecule has 0 aromatic carbocycles. The first-order valence-corrected chi connectivity index (χ1v) is 16.6. The molecule has 11 heteroatoms. The maximum Gasteiger partial charge on any atom is 0.356 e. The molecule has 4 aromatic rings. The van der Waals surface area contributed by atoms with Gasteiger partial charge in [-0.15, -0.1) is 0 Å². The second-order valence-corrected chi connectivity index (χ2v) is 13.0. The van der Waals surface area contributed by atoms with Gasteiger partial charge in [0.25, 0.3) is 5.56 Å². The van der Waals surface area contributed by atoms with E-state index in [0.717, 1.165) is 59.4 Å². The molecule has 43 heavy (non-hydrogen) atoms. The summed E-state index contributed by atoms with van der Waals surface area (Å²) in [5.74, 6) is 1.26. The van der Waals surface area contributed by atoms with Crippen molar-refractivity contribution in [2.24, 2.45) is 0 Å².